The lowest BCUT2D eigenvalue weighted by molar-refractivity contribution is -0.125. The second-order valence-electron chi connectivity index (χ2n) is 2.24. The third kappa shape index (κ3) is 1.77. The van der Waals surface area contributed by atoms with Crippen molar-refractivity contribution in [2.75, 3.05) is 6.61 Å². The van der Waals surface area contributed by atoms with Crippen molar-refractivity contribution in [2.45, 2.75) is 25.0 Å². The van der Waals surface area contributed by atoms with Crippen molar-refractivity contribution in [3.63, 3.8) is 0 Å². The maximum Gasteiger partial charge on any atom is 0.148 e. The van der Waals surface area contributed by atoms with E-state index in [-0.39, 0.29) is 12.2 Å². The van der Waals surface area contributed by atoms with Gasteiger partial charge < -0.3 is 14.6 Å². The number of aliphatic hydroxyl groups excluding tert-OH is 1. The second kappa shape index (κ2) is 2.94. The van der Waals surface area contributed by atoms with Gasteiger partial charge in [-0.05, 0) is 12.8 Å². The van der Waals surface area contributed by atoms with Crippen LogP contribution in [-0.4, -0.2) is 30.2 Å². The van der Waals surface area contributed by atoms with Crippen LogP contribution in [0.5, 0.6) is 0 Å². The van der Waals surface area contributed by atoms with Crippen LogP contribution >= 0.6 is 0 Å². The van der Waals surface area contributed by atoms with E-state index in [1.807, 2.05) is 0 Å². The molecule has 0 aromatic heterocycles. The van der Waals surface area contributed by atoms with Crippen LogP contribution in [0.4, 0.5) is 0 Å². The fourth-order valence-corrected chi connectivity index (χ4v) is 0.865. The van der Waals surface area contributed by atoms with Gasteiger partial charge >= 0.3 is 0 Å². The number of hydrogen-bond donors (Lipinski definition) is 1. The Morgan fingerprint density at radius 1 is 1.56 bits per heavy atom. The van der Waals surface area contributed by atoms with E-state index >= 15 is 0 Å². The molecular formula is C6H10O3. The molecule has 0 spiro atoms. The van der Waals surface area contributed by atoms with E-state index in [1.54, 1.807) is 0 Å². The first-order valence-corrected chi connectivity index (χ1v) is 3.08. The Morgan fingerprint density at radius 2 is 2.33 bits per heavy atom. The van der Waals surface area contributed by atoms with Crippen LogP contribution < -0.4 is 0 Å². The SMILES string of the molecule is O=CC1CCC(O)CO1. The lowest BCUT2D eigenvalue weighted by atomic mass is 10.1. The molecule has 0 radical (unpaired) electrons. The Balaban J connectivity index is 2.26. The Kier molecular flexibility index (Phi) is 2.19. The number of carbonyl (C=O) groups is 1. The molecule has 3 nitrogen and oxygen atoms in total. The van der Waals surface area contributed by atoms with Crippen LogP contribution in [0.2, 0.25) is 0 Å². The molecule has 1 aliphatic heterocycles. The first kappa shape index (κ1) is 6.71. The summed E-state index contributed by atoms with van der Waals surface area (Å²) in [6, 6.07) is 0. The monoisotopic (exact) mass is 130 g/mol. The summed E-state index contributed by atoms with van der Waals surface area (Å²) in [5.74, 6) is 0. The van der Waals surface area contributed by atoms with E-state index in [4.69, 9.17) is 9.84 Å². The maximum absolute atomic E-state index is 10.1. The highest BCUT2D eigenvalue weighted by Crippen LogP contribution is 2.10. The number of carbonyl (C=O) groups excluding carboxylic acids is 1. The molecule has 1 fully saturated rings. The standard InChI is InChI=1S/C6H10O3/c7-3-6-2-1-5(8)4-9-6/h3,5-6,8H,1-2,4H2. The van der Waals surface area contributed by atoms with Crippen LogP contribution in [-0.2, 0) is 9.53 Å². The third-order valence-corrected chi connectivity index (χ3v) is 1.44. The molecule has 0 bridgehead atoms. The minimum Gasteiger partial charge on any atom is -0.391 e. The van der Waals surface area contributed by atoms with Gasteiger partial charge in [0.25, 0.3) is 0 Å². The van der Waals surface area contributed by atoms with E-state index in [1.165, 1.54) is 0 Å². The molecule has 0 aromatic rings. The second-order valence-corrected chi connectivity index (χ2v) is 2.24. The van der Waals surface area contributed by atoms with Gasteiger partial charge in [-0.1, -0.05) is 0 Å². The normalized spacial score (nSPS) is 36.1. The summed E-state index contributed by atoms with van der Waals surface area (Å²) in [6.45, 7) is 0.309. The zero-order valence-electron chi connectivity index (χ0n) is 5.12. The van der Waals surface area contributed by atoms with Crippen molar-refractivity contribution in [3.8, 4) is 0 Å². The van der Waals surface area contributed by atoms with Gasteiger partial charge in [0, 0.05) is 0 Å². The molecule has 1 saturated heterocycles. The van der Waals surface area contributed by atoms with Crippen molar-refractivity contribution in [1.82, 2.24) is 0 Å². The predicted molar refractivity (Wildman–Crippen MR) is 31.0 cm³/mol. The number of hydrogen-bond acceptors (Lipinski definition) is 3. The Labute approximate surface area is 53.6 Å². The fourth-order valence-electron chi connectivity index (χ4n) is 0.865. The van der Waals surface area contributed by atoms with Gasteiger partial charge in [-0.3, -0.25) is 0 Å². The summed E-state index contributed by atoms with van der Waals surface area (Å²) in [5, 5.41) is 8.88. The van der Waals surface area contributed by atoms with Crippen molar-refractivity contribution in [2.24, 2.45) is 0 Å². The highest BCUT2D eigenvalue weighted by Gasteiger charge is 2.18. The van der Waals surface area contributed by atoms with Crippen LogP contribution in [0.15, 0.2) is 0 Å². The zero-order valence-corrected chi connectivity index (χ0v) is 5.12. The van der Waals surface area contributed by atoms with Gasteiger partial charge in [-0.15, -0.1) is 0 Å². The van der Waals surface area contributed by atoms with E-state index < -0.39 is 0 Å². The molecule has 0 saturated carbocycles. The van der Waals surface area contributed by atoms with Gasteiger partial charge in [0.15, 0.2) is 0 Å². The van der Waals surface area contributed by atoms with Crippen LogP contribution in [0.3, 0.4) is 0 Å². The van der Waals surface area contributed by atoms with Crippen molar-refractivity contribution < 1.29 is 14.6 Å². The fraction of sp³-hybridized carbons (Fsp3) is 0.833. The molecular weight excluding hydrogens is 120 g/mol. The lowest BCUT2D eigenvalue weighted by Crippen LogP contribution is -2.29. The van der Waals surface area contributed by atoms with E-state index in [2.05, 4.69) is 0 Å². The highest BCUT2D eigenvalue weighted by atomic mass is 16.5. The molecule has 1 aliphatic rings. The molecule has 2 atom stereocenters. The van der Waals surface area contributed by atoms with Crippen molar-refractivity contribution in [1.29, 1.82) is 0 Å². The zero-order chi connectivity index (χ0) is 6.69. The van der Waals surface area contributed by atoms with E-state index in [9.17, 15) is 4.79 Å². The number of aliphatic hydroxyl groups is 1. The average Bonchev–Trinajstić information content (AvgIpc) is 1.90. The first-order chi connectivity index (χ1) is 4.33. The molecule has 0 aromatic carbocycles. The maximum atomic E-state index is 10.1. The predicted octanol–water partition coefficient (Wildman–Crippen LogP) is -0.275. The van der Waals surface area contributed by atoms with E-state index in [0.29, 0.717) is 19.4 Å². The number of aldehydes is 1. The smallest absolute Gasteiger partial charge is 0.148 e. The van der Waals surface area contributed by atoms with Crippen molar-refractivity contribution in [3.05, 3.63) is 0 Å². The minimum absolute atomic E-state index is 0.270. The summed E-state index contributed by atoms with van der Waals surface area (Å²) >= 11 is 0. The molecule has 0 amide bonds. The molecule has 1 N–H and O–H groups in total. The lowest BCUT2D eigenvalue weighted by Gasteiger charge is -2.21. The molecule has 1 rings (SSSR count). The van der Waals surface area contributed by atoms with Crippen LogP contribution in [0, 0.1) is 0 Å². The Hall–Kier alpha value is -0.410. The van der Waals surface area contributed by atoms with Crippen molar-refractivity contribution >= 4 is 6.29 Å². The quantitative estimate of drug-likeness (QED) is 0.497. The molecule has 9 heavy (non-hydrogen) atoms. The molecule has 1 heterocycles. The summed E-state index contributed by atoms with van der Waals surface area (Å²) in [5.41, 5.74) is 0. The van der Waals surface area contributed by atoms with E-state index in [0.717, 1.165) is 6.29 Å². The topological polar surface area (TPSA) is 46.5 Å². The molecule has 2 unspecified atom stereocenters. The minimum atomic E-state index is -0.360. The molecule has 52 valence electrons. The Bertz CT molecular complexity index is 94.5. The largest absolute Gasteiger partial charge is 0.391 e. The third-order valence-electron chi connectivity index (χ3n) is 1.44. The molecule has 0 aliphatic carbocycles. The number of rotatable bonds is 1. The van der Waals surface area contributed by atoms with Gasteiger partial charge in [0.2, 0.25) is 0 Å². The van der Waals surface area contributed by atoms with Gasteiger partial charge in [0.05, 0.1) is 12.7 Å². The van der Waals surface area contributed by atoms with Gasteiger partial charge in [0.1, 0.15) is 12.4 Å². The highest BCUT2D eigenvalue weighted by molar-refractivity contribution is 5.56. The summed E-state index contributed by atoms with van der Waals surface area (Å²) in [6.07, 6.45) is 1.49. The molecule has 3 heteroatoms. The van der Waals surface area contributed by atoms with Gasteiger partial charge in [-0.25, -0.2) is 0 Å². The van der Waals surface area contributed by atoms with Crippen LogP contribution in [0.25, 0.3) is 0 Å². The summed E-state index contributed by atoms with van der Waals surface area (Å²) < 4.78 is 4.92. The summed E-state index contributed by atoms with van der Waals surface area (Å²) in [4.78, 5) is 10.1. The Morgan fingerprint density at radius 3 is 2.78 bits per heavy atom. The first-order valence-electron chi connectivity index (χ1n) is 3.08. The number of ether oxygens (including phenoxy) is 1. The summed E-state index contributed by atoms with van der Waals surface area (Å²) in [7, 11) is 0. The average molecular weight is 130 g/mol. The van der Waals surface area contributed by atoms with Crippen LogP contribution in [0.1, 0.15) is 12.8 Å². The van der Waals surface area contributed by atoms with Gasteiger partial charge in [-0.2, -0.15) is 0 Å².